The van der Waals surface area contributed by atoms with Gasteiger partial charge in [-0.25, -0.2) is 4.39 Å². The molecule has 0 spiro atoms. The molecule has 0 radical (unpaired) electrons. The van der Waals surface area contributed by atoms with Crippen LogP contribution in [0.5, 0.6) is 5.75 Å². The van der Waals surface area contributed by atoms with Crippen LogP contribution < -0.4 is 10.2 Å². The molecule has 0 unspecified atom stereocenters. The molecule has 0 aliphatic carbocycles. The molecule has 2 aromatic rings. The van der Waals surface area contributed by atoms with Gasteiger partial charge in [-0.1, -0.05) is 12.1 Å². The zero-order valence-corrected chi connectivity index (χ0v) is 9.37. The third kappa shape index (κ3) is 2.72. The Morgan fingerprint density at radius 1 is 1.24 bits per heavy atom. The number of aromatic nitrogens is 1. The van der Waals surface area contributed by atoms with Crippen LogP contribution in [0.15, 0.2) is 41.3 Å². The maximum absolute atomic E-state index is 12.7. The molecule has 1 heterocycles. The van der Waals surface area contributed by atoms with E-state index >= 15 is 0 Å². The summed E-state index contributed by atoms with van der Waals surface area (Å²) in [7, 11) is 0. The highest BCUT2D eigenvalue weighted by molar-refractivity contribution is 5.26. The van der Waals surface area contributed by atoms with Gasteiger partial charge in [0.25, 0.3) is 0 Å². The van der Waals surface area contributed by atoms with Crippen molar-refractivity contribution in [2.45, 2.75) is 13.5 Å². The molecule has 2 rings (SSSR count). The Morgan fingerprint density at radius 2 is 1.94 bits per heavy atom. The molecule has 1 aromatic heterocycles. The van der Waals surface area contributed by atoms with Gasteiger partial charge in [0, 0.05) is 12.3 Å². The fraction of sp³-hybridized carbons (Fsp3) is 0.154. The number of rotatable bonds is 3. The minimum absolute atomic E-state index is 0.164. The van der Waals surface area contributed by atoms with Crippen LogP contribution in [-0.4, -0.2) is 4.98 Å². The first-order valence-electron chi connectivity index (χ1n) is 5.22. The Bertz CT molecular complexity index is 560. The SMILES string of the molecule is Cc1[nH]ccc(=O)c1OCc1ccc(F)cc1. The minimum atomic E-state index is -0.289. The number of benzene rings is 1. The van der Waals surface area contributed by atoms with Gasteiger partial charge in [0.2, 0.25) is 5.43 Å². The van der Waals surface area contributed by atoms with E-state index in [1.54, 1.807) is 25.3 Å². The summed E-state index contributed by atoms with van der Waals surface area (Å²) >= 11 is 0. The molecule has 0 aliphatic heterocycles. The Balaban J connectivity index is 2.12. The molecule has 1 aromatic carbocycles. The molecule has 0 bridgehead atoms. The van der Waals surface area contributed by atoms with E-state index in [0.29, 0.717) is 11.4 Å². The summed E-state index contributed by atoms with van der Waals surface area (Å²) in [6.07, 6.45) is 1.57. The zero-order valence-electron chi connectivity index (χ0n) is 9.37. The summed E-state index contributed by atoms with van der Waals surface area (Å²) in [5.41, 5.74) is 1.33. The molecule has 3 nitrogen and oxygen atoms in total. The second-order valence-electron chi connectivity index (χ2n) is 3.71. The van der Waals surface area contributed by atoms with E-state index in [0.717, 1.165) is 5.56 Å². The Kier molecular flexibility index (Phi) is 3.23. The highest BCUT2D eigenvalue weighted by Gasteiger charge is 2.04. The standard InChI is InChI=1S/C13H12FNO2/c1-9-13(12(16)6-7-15-9)17-8-10-2-4-11(14)5-3-10/h2-7H,8H2,1H3,(H,15,16). The average Bonchev–Trinajstić information content (AvgIpc) is 2.31. The van der Waals surface area contributed by atoms with Gasteiger partial charge < -0.3 is 9.72 Å². The molecule has 0 saturated heterocycles. The molecule has 0 saturated carbocycles. The van der Waals surface area contributed by atoms with Crippen molar-refractivity contribution in [3.8, 4) is 5.75 Å². The van der Waals surface area contributed by atoms with Crippen molar-refractivity contribution < 1.29 is 9.13 Å². The van der Waals surface area contributed by atoms with Crippen LogP contribution >= 0.6 is 0 Å². The molecular weight excluding hydrogens is 221 g/mol. The third-order valence-electron chi connectivity index (χ3n) is 2.40. The lowest BCUT2D eigenvalue weighted by Gasteiger charge is -2.07. The third-order valence-corrected chi connectivity index (χ3v) is 2.40. The van der Waals surface area contributed by atoms with E-state index in [-0.39, 0.29) is 17.9 Å². The second kappa shape index (κ2) is 4.82. The summed E-state index contributed by atoms with van der Waals surface area (Å²) < 4.78 is 18.1. The van der Waals surface area contributed by atoms with Crippen molar-refractivity contribution in [3.05, 3.63) is 63.8 Å². The van der Waals surface area contributed by atoms with Crippen LogP contribution in [0.4, 0.5) is 4.39 Å². The number of aromatic amines is 1. The fourth-order valence-corrected chi connectivity index (χ4v) is 1.48. The molecule has 17 heavy (non-hydrogen) atoms. The van der Waals surface area contributed by atoms with Crippen molar-refractivity contribution in [1.29, 1.82) is 0 Å². The van der Waals surface area contributed by atoms with E-state index in [9.17, 15) is 9.18 Å². The van der Waals surface area contributed by atoms with Crippen molar-refractivity contribution in [2.24, 2.45) is 0 Å². The molecule has 0 fully saturated rings. The van der Waals surface area contributed by atoms with Gasteiger partial charge in [-0.2, -0.15) is 0 Å². The van der Waals surface area contributed by atoms with Gasteiger partial charge in [0.15, 0.2) is 5.75 Å². The molecule has 0 atom stereocenters. The van der Waals surface area contributed by atoms with Crippen LogP contribution in [0, 0.1) is 12.7 Å². The summed E-state index contributed by atoms with van der Waals surface area (Å²) in [6.45, 7) is 2.01. The minimum Gasteiger partial charge on any atom is -0.483 e. The van der Waals surface area contributed by atoms with E-state index in [1.165, 1.54) is 18.2 Å². The van der Waals surface area contributed by atoms with Gasteiger partial charge >= 0.3 is 0 Å². The second-order valence-corrected chi connectivity index (χ2v) is 3.71. The first-order chi connectivity index (χ1) is 8.16. The number of pyridine rings is 1. The lowest BCUT2D eigenvalue weighted by atomic mass is 10.2. The maximum atomic E-state index is 12.7. The van der Waals surface area contributed by atoms with Crippen molar-refractivity contribution in [3.63, 3.8) is 0 Å². The predicted octanol–water partition coefficient (Wildman–Crippen LogP) is 2.40. The van der Waals surface area contributed by atoms with E-state index in [1.807, 2.05) is 0 Å². The zero-order chi connectivity index (χ0) is 12.3. The first-order valence-corrected chi connectivity index (χ1v) is 5.22. The van der Waals surface area contributed by atoms with E-state index in [4.69, 9.17) is 4.74 Å². The number of aryl methyl sites for hydroxylation is 1. The smallest absolute Gasteiger partial charge is 0.223 e. The van der Waals surface area contributed by atoms with Crippen LogP contribution in [-0.2, 0) is 6.61 Å². The molecule has 0 amide bonds. The van der Waals surface area contributed by atoms with Gasteiger partial charge in [-0.15, -0.1) is 0 Å². The quantitative estimate of drug-likeness (QED) is 0.884. The van der Waals surface area contributed by atoms with E-state index < -0.39 is 0 Å². The summed E-state index contributed by atoms with van der Waals surface area (Å²) in [5.74, 6) is 0.0133. The Morgan fingerprint density at radius 3 is 2.59 bits per heavy atom. The van der Waals surface area contributed by atoms with Crippen LogP contribution in [0.25, 0.3) is 0 Å². The summed E-state index contributed by atoms with van der Waals surface area (Å²) in [5, 5.41) is 0. The summed E-state index contributed by atoms with van der Waals surface area (Å²) in [6, 6.07) is 7.39. The molecular formula is C13H12FNO2. The van der Waals surface area contributed by atoms with E-state index in [2.05, 4.69) is 4.98 Å². The largest absolute Gasteiger partial charge is 0.483 e. The van der Waals surface area contributed by atoms with Gasteiger partial charge in [0.1, 0.15) is 12.4 Å². The average molecular weight is 233 g/mol. The number of H-pyrrole nitrogens is 1. The predicted molar refractivity (Wildman–Crippen MR) is 62.5 cm³/mol. The molecule has 0 aliphatic rings. The van der Waals surface area contributed by atoms with Gasteiger partial charge in [0.05, 0.1) is 5.69 Å². The number of hydrogen-bond donors (Lipinski definition) is 1. The molecule has 88 valence electrons. The van der Waals surface area contributed by atoms with Crippen LogP contribution in [0.2, 0.25) is 0 Å². The number of ether oxygens (including phenoxy) is 1. The van der Waals surface area contributed by atoms with Crippen LogP contribution in [0.3, 0.4) is 0 Å². The highest BCUT2D eigenvalue weighted by Crippen LogP contribution is 2.11. The highest BCUT2D eigenvalue weighted by atomic mass is 19.1. The maximum Gasteiger partial charge on any atom is 0.223 e. The Labute approximate surface area is 97.9 Å². The lowest BCUT2D eigenvalue weighted by molar-refractivity contribution is 0.299. The number of halogens is 1. The van der Waals surface area contributed by atoms with Crippen molar-refractivity contribution in [1.82, 2.24) is 4.98 Å². The molecule has 1 N–H and O–H groups in total. The van der Waals surface area contributed by atoms with Crippen molar-refractivity contribution >= 4 is 0 Å². The lowest BCUT2D eigenvalue weighted by Crippen LogP contribution is -2.09. The van der Waals surface area contributed by atoms with Crippen LogP contribution in [0.1, 0.15) is 11.3 Å². The van der Waals surface area contributed by atoms with Gasteiger partial charge in [-0.05, 0) is 24.6 Å². The number of hydrogen-bond acceptors (Lipinski definition) is 2. The Hall–Kier alpha value is -2.10. The van der Waals surface area contributed by atoms with Gasteiger partial charge in [-0.3, -0.25) is 4.79 Å². The fourth-order valence-electron chi connectivity index (χ4n) is 1.48. The monoisotopic (exact) mass is 233 g/mol. The summed E-state index contributed by atoms with van der Waals surface area (Å²) in [4.78, 5) is 14.4. The normalized spacial score (nSPS) is 10.2. The van der Waals surface area contributed by atoms with Crippen molar-refractivity contribution in [2.75, 3.05) is 0 Å². The first kappa shape index (κ1) is 11.4. The molecule has 4 heteroatoms. The number of nitrogens with one attached hydrogen (secondary N) is 1. The topological polar surface area (TPSA) is 42.1 Å².